The van der Waals surface area contributed by atoms with Gasteiger partial charge in [0.1, 0.15) is 16.9 Å². The van der Waals surface area contributed by atoms with Gasteiger partial charge in [0.15, 0.2) is 0 Å². The first kappa shape index (κ1) is 24.5. The number of aromatic nitrogens is 3. The van der Waals surface area contributed by atoms with Gasteiger partial charge >= 0.3 is 0 Å². The molecule has 0 fully saturated rings. The first-order chi connectivity index (χ1) is 17.1. The zero-order chi connectivity index (χ0) is 25.6. The van der Waals surface area contributed by atoms with Gasteiger partial charge in [-0.1, -0.05) is 48.5 Å². The third-order valence-electron chi connectivity index (χ3n) is 7.64. The van der Waals surface area contributed by atoms with E-state index in [9.17, 15) is 0 Å². The number of ether oxygens (including phenoxy) is 1. The van der Waals surface area contributed by atoms with E-state index >= 15 is 0 Å². The normalized spacial score (nSPS) is 16.4. The van der Waals surface area contributed by atoms with Crippen molar-refractivity contribution >= 4 is 11.0 Å². The van der Waals surface area contributed by atoms with E-state index < -0.39 is 0 Å². The van der Waals surface area contributed by atoms with Gasteiger partial charge in [0.05, 0.1) is 5.52 Å². The molecule has 0 N–H and O–H groups in total. The Kier molecular flexibility index (Phi) is 6.37. The van der Waals surface area contributed by atoms with Crippen LogP contribution in [0.25, 0.3) is 11.0 Å². The highest BCUT2D eigenvalue weighted by atomic mass is 16.5. The number of fused-ring (bicyclic) bond motifs is 2. The highest BCUT2D eigenvalue weighted by Crippen LogP contribution is 2.35. The van der Waals surface area contributed by atoms with Crippen molar-refractivity contribution in [3.05, 3.63) is 87.5 Å². The predicted molar refractivity (Wildman–Crippen MR) is 147 cm³/mol. The molecule has 0 saturated carbocycles. The molecule has 1 aliphatic rings. The van der Waals surface area contributed by atoms with Crippen molar-refractivity contribution in [3.8, 4) is 5.75 Å². The summed E-state index contributed by atoms with van der Waals surface area (Å²) in [4.78, 5) is 2.53. The lowest BCUT2D eigenvalue weighted by molar-refractivity contribution is 0.0681. The van der Waals surface area contributed by atoms with Gasteiger partial charge in [-0.15, -0.1) is 5.10 Å². The highest BCUT2D eigenvalue weighted by Gasteiger charge is 2.29. The smallest absolute Gasteiger partial charge is 0.124 e. The van der Waals surface area contributed by atoms with Gasteiger partial charge in [0.25, 0.3) is 0 Å². The maximum absolute atomic E-state index is 6.46. The number of benzene rings is 3. The molecule has 0 saturated heterocycles. The summed E-state index contributed by atoms with van der Waals surface area (Å²) in [6.07, 6.45) is 1.03. The van der Waals surface area contributed by atoms with E-state index in [1.54, 1.807) is 0 Å². The molecule has 36 heavy (non-hydrogen) atoms. The molecule has 1 aliphatic heterocycles. The van der Waals surface area contributed by atoms with Crippen LogP contribution < -0.4 is 4.74 Å². The predicted octanol–water partition coefficient (Wildman–Crippen LogP) is 6.61. The lowest BCUT2D eigenvalue weighted by atomic mass is 9.85. The Morgan fingerprint density at radius 3 is 2.61 bits per heavy atom. The van der Waals surface area contributed by atoms with Gasteiger partial charge < -0.3 is 4.74 Å². The van der Waals surface area contributed by atoms with Crippen molar-refractivity contribution in [3.63, 3.8) is 0 Å². The Bertz CT molecular complexity index is 1420. The summed E-state index contributed by atoms with van der Waals surface area (Å²) in [6, 6.07) is 18.0. The molecule has 1 aromatic heterocycles. The van der Waals surface area contributed by atoms with E-state index in [1.807, 2.05) is 11.7 Å². The van der Waals surface area contributed by atoms with E-state index in [0.717, 1.165) is 42.8 Å². The Labute approximate surface area is 215 Å². The van der Waals surface area contributed by atoms with Crippen molar-refractivity contribution in [2.75, 3.05) is 6.54 Å². The van der Waals surface area contributed by atoms with Gasteiger partial charge in [-0.05, 0) is 86.6 Å². The largest absolute Gasteiger partial charge is 0.486 e. The van der Waals surface area contributed by atoms with Crippen LogP contribution in [-0.4, -0.2) is 32.0 Å². The Morgan fingerprint density at radius 1 is 1.03 bits per heavy atom. The molecule has 188 valence electrons. The topological polar surface area (TPSA) is 43.2 Å². The molecule has 1 atom stereocenters. The third-order valence-corrected chi connectivity index (χ3v) is 7.64. The molecule has 5 heteroatoms. The molecule has 4 aromatic rings. The quantitative estimate of drug-likeness (QED) is 0.321. The maximum atomic E-state index is 6.46. The fourth-order valence-corrected chi connectivity index (χ4v) is 5.75. The molecule has 3 aromatic carbocycles. The summed E-state index contributed by atoms with van der Waals surface area (Å²) in [5.74, 6) is 1.34. The molecule has 0 aliphatic carbocycles. The Morgan fingerprint density at radius 2 is 1.83 bits per heavy atom. The van der Waals surface area contributed by atoms with Gasteiger partial charge in [0.2, 0.25) is 0 Å². The minimum atomic E-state index is -0.250. The molecule has 5 nitrogen and oxygen atoms in total. The highest BCUT2D eigenvalue weighted by molar-refractivity contribution is 5.79. The van der Waals surface area contributed by atoms with E-state index in [-0.39, 0.29) is 5.60 Å². The van der Waals surface area contributed by atoms with Gasteiger partial charge in [0, 0.05) is 38.2 Å². The first-order valence-electron chi connectivity index (χ1n) is 13.0. The fraction of sp³-hybridized carbons (Fsp3) is 0.419. The van der Waals surface area contributed by atoms with Crippen molar-refractivity contribution in [2.45, 2.75) is 72.6 Å². The second kappa shape index (κ2) is 9.36. The lowest BCUT2D eigenvalue weighted by Gasteiger charge is -2.30. The number of hydrogen-bond donors (Lipinski definition) is 0. The molecule has 0 spiro atoms. The molecule has 0 amide bonds. The Hall–Kier alpha value is -3.18. The van der Waals surface area contributed by atoms with Gasteiger partial charge in [-0.2, -0.15) is 0 Å². The first-order valence-corrected chi connectivity index (χ1v) is 13.0. The monoisotopic (exact) mass is 482 g/mol. The van der Waals surface area contributed by atoms with Crippen molar-refractivity contribution < 1.29 is 4.74 Å². The summed E-state index contributed by atoms with van der Waals surface area (Å²) in [5, 5.41) is 8.68. The summed E-state index contributed by atoms with van der Waals surface area (Å²) in [7, 11) is 1.95. The number of aryl methyl sites for hydroxylation is 4. The molecule has 2 heterocycles. The van der Waals surface area contributed by atoms with Crippen molar-refractivity contribution in [1.82, 2.24) is 19.9 Å². The molecule has 1 unspecified atom stereocenters. The molecule has 0 radical (unpaired) electrons. The minimum absolute atomic E-state index is 0.250. The molecular formula is C31H38N4O. The van der Waals surface area contributed by atoms with Gasteiger partial charge in [-0.3, -0.25) is 4.90 Å². The SMILES string of the molecule is CCC(c1ccc(C)c(CN2Cc3ccc(C)cc3OC(C)(C)C2)c1)c1ccc2c(nnn2C)c1C. The van der Waals surface area contributed by atoms with Crippen molar-refractivity contribution in [1.29, 1.82) is 0 Å². The molecule has 0 bridgehead atoms. The van der Waals surface area contributed by atoms with Crippen LogP contribution in [0.2, 0.25) is 0 Å². The number of hydrogen-bond acceptors (Lipinski definition) is 4. The summed E-state index contributed by atoms with van der Waals surface area (Å²) in [6.45, 7) is 15.9. The lowest BCUT2D eigenvalue weighted by Crippen LogP contribution is -2.40. The third kappa shape index (κ3) is 4.64. The average Bonchev–Trinajstić information content (AvgIpc) is 3.14. The summed E-state index contributed by atoms with van der Waals surface area (Å²) < 4.78 is 8.31. The van der Waals surface area contributed by atoms with E-state index in [2.05, 4.69) is 105 Å². The van der Waals surface area contributed by atoms with Crippen LogP contribution in [0.15, 0.2) is 48.5 Å². The summed E-state index contributed by atoms with van der Waals surface area (Å²) in [5.41, 5.74) is 11.0. The van der Waals surface area contributed by atoms with Crippen LogP contribution in [0.1, 0.15) is 72.1 Å². The van der Waals surface area contributed by atoms with E-state index in [1.165, 1.54) is 38.9 Å². The fourth-order valence-electron chi connectivity index (χ4n) is 5.75. The van der Waals surface area contributed by atoms with Crippen LogP contribution in [0.5, 0.6) is 5.75 Å². The average molecular weight is 483 g/mol. The minimum Gasteiger partial charge on any atom is -0.486 e. The van der Waals surface area contributed by atoms with Crippen LogP contribution in [-0.2, 0) is 20.1 Å². The zero-order valence-corrected chi connectivity index (χ0v) is 22.7. The molecule has 5 rings (SSSR count). The number of nitrogens with zero attached hydrogens (tertiary/aromatic N) is 4. The van der Waals surface area contributed by atoms with Crippen LogP contribution >= 0.6 is 0 Å². The maximum Gasteiger partial charge on any atom is 0.124 e. The van der Waals surface area contributed by atoms with Gasteiger partial charge in [-0.25, -0.2) is 4.68 Å². The van der Waals surface area contributed by atoms with Crippen LogP contribution in [0.4, 0.5) is 0 Å². The van der Waals surface area contributed by atoms with E-state index in [4.69, 9.17) is 4.74 Å². The summed E-state index contributed by atoms with van der Waals surface area (Å²) >= 11 is 0. The zero-order valence-electron chi connectivity index (χ0n) is 22.7. The molecular weight excluding hydrogens is 444 g/mol. The van der Waals surface area contributed by atoms with E-state index in [0.29, 0.717) is 5.92 Å². The standard InChI is InChI=1S/C31H38N4O/c1-8-26(27-13-14-28-30(22(27)4)32-33-34(28)7)23-12-10-21(3)25(16-23)18-35-17-24-11-9-20(2)15-29(24)36-31(5,6)19-35/h9-16,26H,8,17-19H2,1-7H3. The Balaban J connectivity index is 1.47. The van der Waals surface area contributed by atoms with Crippen molar-refractivity contribution in [2.24, 2.45) is 7.05 Å². The second-order valence-electron chi connectivity index (χ2n) is 11.1. The second-order valence-corrected chi connectivity index (χ2v) is 11.1. The van der Waals surface area contributed by atoms with Crippen LogP contribution in [0.3, 0.4) is 0 Å². The number of rotatable bonds is 5. The van der Waals surface area contributed by atoms with Crippen LogP contribution in [0, 0.1) is 20.8 Å².